The smallest absolute Gasteiger partial charge is 0.408 e. The van der Waals surface area contributed by atoms with Gasteiger partial charge in [0.05, 0.1) is 0 Å². The molecular formula is C28H45N5O7. The summed E-state index contributed by atoms with van der Waals surface area (Å²) in [5, 5.41) is 7.91. The molecule has 0 spiro atoms. The lowest BCUT2D eigenvalue weighted by molar-refractivity contribution is -0.159. The number of carbonyl (C=O) groups is 5. The van der Waals surface area contributed by atoms with Gasteiger partial charge in [-0.25, -0.2) is 9.59 Å². The van der Waals surface area contributed by atoms with Gasteiger partial charge in [-0.15, -0.1) is 0 Å². The number of nitrogens with zero attached hydrogens (tertiary/aromatic N) is 1. The zero-order valence-electron chi connectivity index (χ0n) is 24.8. The van der Waals surface area contributed by atoms with Crippen LogP contribution in [0.5, 0.6) is 0 Å². The van der Waals surface area contributed by atoms with Crippen molar-refractivity contribution in [2.75, 3.05) is 0 Å². The van der Waals surface area contributed by atoms with Gasteiger partial charge in [-0.2, -0.15) is 0 Å². The van der Waals surface area contributed by atoms with Crippen molar-refractivity contribution in [3.05, 3.63) is 30.1 Å². The fourth-order valence-corrected chi connectivity index (χ4v) is 3.57. The summed E-state index contributed by atoms with van der Waals surface area (Å²) in [5.74, 6) is -2.62. The molecule has 1 aromatic heterocycles. The molecule has 0 aliphatic heterocycles. The maximum Gasteiger partial charge on any atom is 0.408 e. The van der Waals surface area contributed by atoms with Crippen molar-refractivity contribution in [3.63, 3.8) is 0 Å². The molecule has 5 N–H and O–H groups in total. The Labute approximate surface area is 236 Å². The van der Waals surface area contributed by atoms with Crippen molar-refractivity contribution in [2.45, 2.75) is 110 Å². The summed E-state index contributed by atoms with van der Waals surface area (Å²) in [5.41, 5.74) is 4.35. The maximum atomic E-state index is 13.5. The highest BCUT2D eigenvalue weighted by molar-refractivity contribution is 5.93. The van der Waals surface area contributed by atoms with Crippen LogP contribution in [0.4, 0.5) is 4.79 Å². The number of ether oxygens (including phenoxy) is 2. The predicted octanol–water partition coefficient (Wildman–Crippen LogP) is 2.14. The van der Waals surface area contributed by atoms with E-state index in [9.17, 15) is 24.0 Å². The average molecular weight is 564 g/mol. The summed E-state index contributed by atoms with van der Waals surface area (Å²) < 4.78 is 10.7. The number of primary amides is 1. The summed E-state index contributed by atoms with van der Waals surface area (Å²) in [6.07, 6.45) is 2.44. The van der Waals surface area contributed by atoms with Crippen molar-refractivity contribution in [2.24, 2.45) is 11.7 Å². The first-order valence-electron chi connectivity index (χ1n) is 13.4. The Morgan fingerprint density at radius 2 is 1.35 bits per heavy atom. The van der Waals surface area contributed by atoms with Crippen LogP contribution >= 0.6 is 0 Å². The molecule has 0 fully saturated rings. The van der Waals surface area contributed by atoms with Gasteiger partial charge in [-0.05, 0) is 78.0 Å². The van der Waals surface area contributed by atoms with Gasteiger partial charge >= 0.3 is 12.1 Å². The quantitative estimate of drug-likeness (QED) is 0.264. The molecule has 4 amide bonds. The number of carbonyl (C=O) groups excluding carboxylic acids is 5. The molecule has 0 bridgehead atoms. The van der Waals surface area contributed by atoms with E-state index in [1.807, 2.05) is 13.8 Å². The fraction of sp³-hybridized carbons (Fsp3) is 0.643. The first-order chi connectivity index (χ1) is 18.4. The van der Waals surface area contributed by atoms with E-state index in [0.29, 0.717) is 5.56 Å². The van der Waals surface area contributed by atoms with Crippen LogP contribution in [-0.2, 0) is 35.1 Å². The molecule has 0 aromatic carbocycles. The van der Waals surface area contributed by atoms with E-state index in [1.165, 1.54) is 0 Å². The molecule has 0 radical (unpaired) electrons. The van der Waals surface area contributed by atoms with Gasteiger partial charge in [0.2, 0.25) is 17.7 Å². The van der Waals surface area contributed by atoms with Crippen LogP contribution in [0.3, 0.4) is 0 Å². The minimum absolute atomic E-state index is 0.0310. The van der Waals surface area contributed by atoms with Crippen molar-refractivity contribution in [3.8, 4) is 0 Å². The number of hydrogen-bond acceptors (Lipinski definition) is 8. The minimum atomic E-state index is -1.18. The van der Waals surface area contributed by atoms with Crippen LogP contribution in [0.2, 0.25) is 0 Å². The van der Waals surface area contributed by atoms with E-state index in [-0.39, 0.29) is 31.6 Å². The monoisotopic (exact) mass is 563 g/mol. The molecule has 0 unspecified atom stereocenters. The lowest BCUT2D eigenvalue weighted by Gasteiger charge is -2.28. The van der Waals surface area contributed by atoms with Gasteiger partial charge in [0.15, 0.2) is 0 Å². The molecule has 1 aromatic rings. The second-order valence-electron chi connectivity index (χ2n) is 12.0. The van der Waals surface area contributed by atoms with E-state index in [0.717, 1.165) is 0 Å². The number of amides is 4. The molecule has 1 rings (SSSR count). The number of nitrogens with two attached hydrogens (primary N) is 1. The summed E-state index contributed by atoms with van der Waals surface area (Å²) in [4.78, 5) is 67.5. The number of alkyl carbamates (subject to hydrolysis) is 1. The van der Waals surface area contributed by atoms with E-state index >= 15 is 0 Å². The van der Waals surface area contributed by atoms with Crippen LogP contribution in [0, 0.1) is 5.92 Å². The number of pyridine rings is 1. The molecule has 0 saturated heterocycles. The first-order valence-corrected chi connectivity index (χ1v) is 13.4. The molecule has 1 heterocycles. The van der Waals surface area contributed by atoms with Crippen LogP contribution in [0.25, 0.3) is 0 Å². The number of hydrogen-bond donors (Lipinski definition) is 4. The predicted molar refractivity (Wildman–Crippen MR) is 149 cm³/mol. The molecule has 0 aliphatic rings. The zero-order chi connectivity index (χ0) is 30.7. The lowest BCUT2D eigenvalue weighted by atomic mass is 10.0. The maximum absolute atomic E-state index is 13.5. The third kappa shape index (κ3) is 14.5. The van der Waals surface area contributed by atoms with E-state index in [4.69, 9.17) is 15.2 Å². The van der Waals surface area contributed by atoms with Crippen molar-refractivity contribution in [1.82, 2.24) is 20.9 Å². The third-order valence-electron chi connectivity index (χ3n) is 5.22. The van der Waals surface area contributed by atoms with Gasteiger partial charge < -0.3 is 31.2 Å². The Hall–Kier alpha value is -3.70. The first kappa shape index (κ1) is 34.3. The summed E-state index contributed by atoms with van der Waals surface area (Å²) in [6, 6.07) is 0.0789. The van der Waals surface area contributed by atoms with E-state index in [2.05, 4.69) is 20.9 Å². The van der Waals surface area contributed by atoms with Crippen molar-refractivity contribution < 1.29 is 33.4 Å². The van der Waals surface area contributed by atoms with Crippen LogP contribution in [-0.4, -0.2) is 64.1 Å². The number of aromatic nitrogens is 1. The van der Waals surface area contributed by atoms with Crippen molar-refractivity contribution in [1.29, 1.82) is 0 Å². The third-order valence-corrected chi connectivity index (χ3v) is 5.22. The van der Waals surface area contributed by atoms with Crippen LogP contribution in [0.1, 0.15) is 80.2 Å². The molecule has 224 valence electrons. The fourth-order valence-electron chi connectivity index (χ4n) is 3.57. The highest BCUT2D eigenvalue weighted by Crippen LogP contribution is 2.13. The number of rotatable bonds is 13. The Kier molecular flexibility index (Phi) is 13.0. The van der Waals surface area contributed by atoms with Crippen molar-refractivity contribution >= 4 is 29.8 Å². The second kappa shape index (κ2) is 15.2. The normalized spacial score (nSPS) is 13.9. The van der Waals surface area contributed by atoms with E-state index < -0.39 is 59.1 Å². The lowest BCUT2D eigenvalue weighted by Crippen LogP contribution is -2.57. The average Bonchev–Trinajstić information content (AvgIpc) is 2.78. The molecule has 12 nitrogen and oxygen atoms in total. The topological polar surface area (TPSA) is 179 Å². The van der Waals surface area contributed by atoms with Gasteiger partial charge in [0.25, 0.3) is 0 Å². The summed E-state index contributed by atoms with van der Waals surface area (Å²) >= 11 is 0. The number of nitrogens with one attached hydrogen (secondary N) is 3. The largest absolute Gasteiger partial charge is 0.458 e. The standard InChI is InChI=1S/C28H45N5O7/c1-17(2)15-20(33-26(38)40-28(6,7)8)23(35)32-21(16-18-11-13-30-14-12-18)24(36)31-19(9-10-22(29)34)25(37)39-27(3,4)5/h11-14,17,19-21H,9-10,15-16H2,1-8H3,(H2,29,34)(H,31,36)(H,32,35)(H,33,38)/t19-,20-,21-/m0/s1. The SMILES string of the molecule is CC(C)C[C@H](NC(=O)OC(C)(C)C)C(=O)N[C@@H](Cc1ccncc1)C(=O)N[C@@H](CCC(N)=O)C(=O)OC(C)(C)C. The van der Waals surface area contributed by atoms with Gasteiger partial charge in [0.1, 0.15) is 29.3 Å². The molecule has 0 saturated carbocycles. The van der Waals surface area contributed by atoms with Gasteiger partial charge in [0, 0.05) is 25.2 Å². The zero-order valence-corrected chi connectivity index (χ0v) is 24.8. The molecule has 0 aliphatic carbocycles. The molecule has 40 heavy (non-hydrogen) atoms. The highest BCUT2D eigenvalue weighted by Gasteiger charge is 2.32. The van der Waals surface area contributed by atoms with Crippen LogP contribution in [0.15, 0.2) is 24.5 Å². The summed E-state index contributed by atoms with van der Waals surface area (Å²) in [7, 11) is 0. The summed E-state index contributed by atoms with van der Waals surface area (Å²) in [6.45, 7) is 13.9. The molecule has 12 heteroatoms. The minimum Gasteiger partial charge on any atom is -0.458 e. The molecular weight excluding hydrogens is 518 g/mol. The van der Waals surface area contributed by atoms with Gasteiger partial charge in [-0.1, -0.05) is 13.8 Å². The molecule has 3 atom stereocenters. The number of esters is 1. The van der Waals surface area contributed by atoms with Gasteiger partial charge in [-0.3, -0.25) is 19.4 Å². The Bertz CT molecular complexity index is 1020. The highest BCUT2D eigenvalue weighted by atomic mass is 16.6. The Balaban J connectivity index is 3.22. The Morgan fingerprint density at radius 3 is 1.85 bits per heavy atom. The Morgan fingerprint density at radius 1 is 0.825 bits per heavy atom. The van der Waals surface area contributed by atoms with Crippen LogP contribution < -0.4 is 21.7 Å². The van der Waals surface area contributed by atoms with E-state index in [1.54, 1.807) is 66.1 Å². The second-order valence-corrected chi connectivity index (χ2v) is 12.0.